The molecule has 1 aliphatic heterocycles. The number of carbonyl (C=O) groups is 2. The number of nitro groups is 1. The predicted octanol–water partition coefficient (Wildman–Crippen LogP) is 3.89. The number of carbonyl (C=O) groups excluding carboxylic acids is 2. The Balaban J connectivity index is 1.98. The van der Waals surface area contributed by atoms with E-state index in [0.29, 0.717) is 12.1 Å². The lowest BCUT2D eigenvalue weighted by Crippen LogP contribution is -2.35. The molecule has 1 saturated heterocycles. The van der Waals surface area contributed by atoms with Crippen LogP contribution in [0.4, 0.5) is 11.4 Å². The van der Waals surface area contributed by atoms with Gasteiger partial charge < -0.3 is 4.74 Å². The monoisotopic (exact) mass is 415 g/mol. The molecular weight excluding hydrogens is 398 g/mol. The van der Waals surface area contributed by atoms with Crippen molar-refractivity contribution < 1.29 is 19.2 Å². The van der Waals surface area contributed by atoms with Crippen molar-refractivity contribution in [2.45, 2.75) is 26.4 Å². The Morgan fingerprint density at radius 3 is 2.59 bits per heavy atom. The van der Waals surface area contributed by atoms with Crippen LogP contribution in [-0.4, -0.2) is 22.8 Å². The second-order valence-electron chi connectivity index (χ2n) is 6.42. The number of halogens is 1. The molecule has 29 heavy (non-hydrogen) atoms. The van der Waals surface area contributed by atoms with E-state index in [1.54, 1.807) is 37.3 Å². The average molecular weight is 416 g/mol. The predicted molar refractivity (Wildman–Crippen MR) is 109 cm³/mol. The highest BCUT2D eigenvalue weighted by Crippen LogP contribution is 2.38. The summed E-state index contributed by atoms with van der Waals surface area (Å²) >= 11 is 6.21. The van der Waals surface area contributed by atoms with E-state index < -0.39 is 16.7 Å². The van der Waals surface area contributed by atoms with E-state index in [1.807, 2.05) is 6.92 Å². The Kier molecular flexibility index (Phi) is 5.84. The van der Waals surface area contributed by atoms with Crippen molar-refractivity contribution in [3.8, 4) is 5.75 Å². The molecule has 0 aromatic heterocycles. The lowest BCUT2D eigenvalue weighted by Gasteiger charge is -2.14. The molecule has 3 rings (SSSR count). The van der Waals surface area contributed by atoms with Crippen molar-refractivity contribution in [1.82, 2.24) is 5.43 Å². The molecule has 0 saturated carbocycles. The van der Waals surface area contributed by atoms with E-state index in [4.69, 9.17) is 16.3 Å². The standard InChI is InChI=1S/C20H18ClN3O5/c1-3-12(2)29-18-16(21)10-13(11-17(18)24(27)28)9-15-19(25)22-23(20(15)26)14-7-5-4-6-8-14/h4-12H,3H2,1-2H3,(H,22,25). The van der Waals surface area contributed by atoms with Crippen LogP contribution in [0.5, 0.6) is 5.75 Å². The zero-order valence-electron chi connectivity index (χ0n) is 15.7. The number of nitrogens with one attached hydrogen (secondary N) is 1. The van der Waals surface area contributed by atoms with Crippen molar-refractivity contribution in [2.75, 3.05) is 5.01 Å². The van der Waals surface area contributed by atoms with Crippen molar-refractivity contribution in [3.05, 3.63) is 68.7 Å². The van der Waals surface area contributed by atoms with Gasteiger partial charge in [0.05, 0.1) is 21.7 Å². The number of anilines is 1. The number of hydrazine groups is 1. The number of amides is 2. The summed E-state index contributed by atoms with van der Waals surface area (Å²) in [7, 11) is 0. The van der Waals surface area contributed by atoms with Gasteiger partial charge in [0.2, 0.25) is 5.75 Å². The Morgan fingerprint density at radius 2 is 1.97 bits per heavy atom. The minimum atomic E-state index is -0.613. The maximum atomic E-state index is 12.7. The second kappa shape index (κ2) is 8.32. The summed E-state index contributed by atoms with van der Waals surface area (Å²) in [6, 6.07) is 11.2. The van der Waals surface area contributed by atoms with Crippen LogP contribution in [-0.2, 0) is 9.59 Å². The third-order valence-electron chi connectivity index (χ3n) is 4.35. The maximum Gasteiger partial charge on any atom is 0.313 e. The van der Waals surface area contributed by atoms with Crippen LogP contribution in [0.1, 0.15) is 25.8 Å². The van der Waals surface area contributed by atoms with Crippen LogP contribution in [0, 0.1) is 10.1 Å². The van der Waals surface area contributed by atoms with Gasteiger partial charge in [-0.3, -0.25) is 25.1 Å². The highest BCUT2D eigenvalue weighted by molar-refractivity contribution is 6.33. The quantitative estimate of drug-likeness (QED) is 0.334. The largest absolute Gasteiger partial charge is 0.483 e. The Morgan fingerprint density at radius 1 is 1.28 bits per heavy atom. The number of hydrogen-bond donors (Lipinski definition) is 1. The maximum absolute atomic E-state index is 12.7. The van der Waals surface area contributed by atoms with Crippen LogP contribution < -0.4 is 15.2 Å². The summed E-state index contributed by atoms with van der Waals surface area (Å²) in [5, 5.41) is 12.6. The molecule has 8 nitrogen and oxygen atoms in total. The topological polar surface area (TPSA) is 102 Å². The second-order valence-corrected chi connectivity index (χ2v) is 6.83. The smallest absolute Gasteiger partial charge is 0.313 e. The van der Waals surface area contributed by atoms with Gasteiger partial charge in [-0.15, -0.1) is 0 Å². The van der Waals surface area contributed by atoms with Gasteiger partial charge in [-0.2, -0.15) is 0 Å². The molecular formula is C20H18ClN3O5. The lowest BCUT2D eigenvalue weighted by molar-refractivity contribution is -0.386. The Labute approximate surface area is 171 Å². The molecule has 0 spiro atoms. The number of nitrogens with zero attached hydrogens (tertiary/aromatic N) is 2. The van der Waals surface area contributed by atoms with Gasteiger partial charge in [-0.1, -0.05) is 36.7 Å². The molecule has 1 fully saturated rings. The van der Waals surface area contributed by atoms with Gasteiger partial charge in [0.15, 0.2) is 0 Å². The molecule has 1 unspecified atom stereocenters. The summed E-state index contributed by atoms with van der Waals surface area (Å²) in [6.45, 7) is 3.65. The van der Waals surface area contributed by atoms with Crippen molar-refractivity contribution in [3.63, 3.8) is 0 Å². The minimum absolute atomic E-state index is 0.0251. The number of hydrogen-bond acceptors (Lipinski definition) is 5. The third-order valence-corrected chi connectivity index (χ3v) is 4.63. The van der Waals surface area contributed by atoms with Gasteiger partial charge in [0.25, 0.3) is 11.8 Å². The van der Waals surface area contributed by atoms with Crippen LogP contribution in [0.2, 0.25) is 5.02 Å². The Hall–Kier alpha value is -3.39. The van der Waals surface area contributed by atoms with Crippen molar-refractivity contribution in [2.24, 2.45) is 0 Å². The van der Waals surface area contributed by atoms with Crippen LogP contribution in [0.3, 0.4) is 0 Å². The van der Waals surface area contributed by atoms with Crippen LogP contribution in [0.25, 0.3) is 6.08 Å². The van der Waals surface area contributed by atoms with Gasteiger partial charge in [-0.25, -0.2) is 5.01 Å². The van der Waals surface area contributed by atoms with Gasteiger partial charge >= 0.3 is 5.69 Å². The highest BCUT2D eigenvalue weighted by Gasteiger charge is 2.34. The Bertz CT molecular complexity index is 1010. The molecule has 0 radical (unpaired) electrons. The summed E-state index contributed by atoms with van der Waals surface area (Å²) in [5.74, 6) is -1.22. The number of rotatable bonds is 6. The molecule has 2 aromatic rings. The van der Waals surface area contributed by atoms with Gasteiger partial charge in [0, 0.05) is 6.07 Å². The van der Waals surface area contributed by atoms with Gasteiger partial charge in [-0.05, 0) is 43.2 Å². The lowest BCUT2D eigenvalue weighted by atomic mass is 10.1. The SMILES string of the molecule is CCC(C)Oc1c(Cl)cc(C=C2C(=O)NN(c3ccccc3)C2=O)cc1[N+](=O)[O-]. The first kappa shape index (κ1) is 20.3. The fraction of sp³-hybridized carbons (Fsp3) is 0.200. The fourth-order valence-electron chi connectivity index (χ4n) is 2.70. The molecule has 1 N–H and O–H groups in total. The summed E-state index contributed by atoms with van der Waals surface area (Å²) < 4.78 is 5.58. The number of benzene rings is 2. The molecule has 1 aliphatic rings. The van der Waals surface area contributed by atoms with E-state index in [-0.39, 0.29) is 33.7 Å². The van der Waals surface area contributed by atoms with Crippen LogP contribution >= 0.6 is 11.6 Å². The minimum Gasteiger partial charge on any atom is -0.483 e. The van der Waals surface area contributed by atoms with Crippen LogP contribution in [0.15, 0.2) is 48.0 Å². The normalized spacial score (nSPS) is 16.1. The molecule has 9 heteroatoms. The first-order valence-corrected chi connectivity index (χ1v) is 9.26. The van der Waals surface area contributed by atoms with E-state index in [2.05, 4.69) is 5.43 Å². The summed E-state index contributed by atoms with van der Waals surface area (Å²) in [4.78, 5) is 35.8. The van der Waals surface area contributed by atoms with Crippen molar-refractivity contribution >= 4 is 40.9 Å². The first-order valence-electron chi connectivity index (χ1n) is 8.88. The van der Waals surface area contributed by atoms with E-state index in [1.165, 1.54) is 18.2 Å². The molecule has 0 bridgehead atoms. The van der Waals surface area contributed by atoms with E-state index in [9.17, 15) is 19.7 Å². The third kappa shape index (κ3) is 4.22. The van der Waals surface area contributed by atoms with E-state index in [0.717, 1.165) is 5.01 Å². The molecule has 150 valence electrons. The summed E-state index contributed by atoms with van der Waals surface area (Å²) in [5.41, 5.74) is 2.72. The molecule has 2 amide bonds. The molecule has 1 heterocycles. The van der Waals surface area contributed by atoms with E-state index >= 15 is 0 Å². The summed E-state index contributed by atoms with van der Waals surface area (Å²) in [6.07, 6.45) is 1.65. The van der Waals surface area contributed by atoms with Gasteiger partial charge in [0.1, 0.15) is 5.57 Å². The average Bonchev–Trinajstić information content (AvgIpc) is 2.98. The molecule has 1 atom stereocenters. The number of para-hydroxylation sites is 1. The fourth-order valence-corrected chi connectivity index (χ4v) is 2.97. The molecule has 0 aliphatic carbocycles. The molecule has 2 aromatic carbocycles. The number of nitro benzene ring substituents is 1. The highest BCUT2D eigenvalue weighted by atomic mass is 35.5. The number of ether oxygens (including phenoxy) is 1. The first-order chi connectivity index (χ1) is 13.8. The van der Waals surface area contributed by atoms with Crippen molar-refractivity contribution in [1.29, 1.82) is 0 Å². The zero-order chi connectivity index (χ0) is 21.1. The zero-order valence-corrected chi connectivity index (χ0v) is 16.5.